The van der Waals surface area contributed by atoms with Crippen LogP contribution in [0.25, 0.3) is 0 Å². The summed E-state index contributed by atoms with van der Waals surface area (Å²) in [6.45, 7) is 0. The summed E-state index contributed by atoms with van der Waals surface area (Å²) >= 11 is 0. The Balaban J connectivity index is 1.38. The van der Waals surface area contributed by atoms with E-state index in [2.05, 4.69) is 35.6 Å². The first-order chi connectivity index (χ1) is 14.1. The Hall–Kier alpha value is -1.77. The van der Waals surface area contributed by atoms with Gasteiger partial charge in [0, 0.05) is 6.08 Å². The monoisotopic (exact) mass is 391 g/mol. The average Bonchev–Trinajstić information content (AvgIpc) is 3.00. The molecule has 7 rings (SSSR count). The summed E-state index contributed by atoms with van der Waals surface area (Å²) in [4.78, 5) is 12.4. The average molecular weight is 392 g/mol. The summed E-state index contributed by atoms with van der Waals surface area (Å²) in [7, 11) is 0. The van der Waals surface area contributed by atoms with Gasteiger partial charge in [0.25, 0.3) is 0 Å². The fourth-order valence-electron chi connectivity index (χ4n) is 8.12. The van der Waals surface area contributed by atoms with Crippen molar-refractivity contribution in [3.05, 3.63) is 47.7 Å². The van der Waals surface area contributed by atoms with Crippen molar-refractivity contribution in [2.45, 2.75) is 82.3 Å². The van der Waals surface area contributed by atoms with Gasteiger partial charge in [-0.2, -0.15) is 0 Å². The molecule has 3 heteroatoms. The molecule has 4 bridgehead atoms. The van der Waals surface area contributed by atoms with Crippen LogP contribution < -0.4 is 5.32 Å². The minimum Gasteiger partial charge on any atom is -0.449 e. The molecule has 0 amide bonds. The van der Waals surface area contributed by atoms with E-state index in [1.54, 1.807) is 6.08 Å². The molecule has 29 heavy (non-hydrogen) atoms. The largest absolute Gasteiger partial charge is 0.449 e. The summed E-state index contributed by atoms with van der Waals surface area (Å²) in [6.07, 6.45) is 15.7. The molecule has 1 N–H and O–H groups in total. The van der Waals surface area contributed by atoms with Crippen LogP contribution >= 0.6 is 0 Å². The smallest absolute Gasteiger partial charge is 0.333 e. The van der Waals surface area contributed by atoms with E-state index >= 15 is 0 Å². The fraction of sp³-hybridized carbons (Fsp3) is 0.654. The Bertz CT molecular complexity index is 785. The van der Waals surface area contributed by atoms with Crippen molar-refractivity contribution in [1.29, 1.82) is 0 Å². The minimum absolute atomic E-state index is 0.147. The zero-order valence-electron chi connectivity index (χ0n) is 17.4. The topological polar surface area (TPSA) is 38.3 Å². The lowest BCUT2D eigenvalue weighted by atomic mass is 9.47. The maximum atomic E-state index is 12.4. The normalized spacial score (nSPS) is 38.0. The zero-order chi connectivity index (χ0) is 19.5. The molecule has 1 spiro atoms. The molecule has 5 aliphatic carbocycles. The lowest BCUT2D eigenvalue weighted by Gasteiger charge is -2.60. The standard InChI is InChI=1S/C26H33NO2/c28-23-14-22(26(29-23)9-5-2-6-10-26)27-24(21-7-3-1-4-8-21)25-15-18-11-19(16-25)13-20(12-18)17-25/h1,3-4,7-8,14,18-20,24,27H,2,5-6,9-13,15-17H2. The van der Waals surface area contributed by atoms with E-state index in [-0.39, 0.29) is 17.6 Å². The van der Waals surface area contributed by atoms with Gasteiger partial charge in [-0.15, -0.1) is 0 Å². The van der Waals surface area contributed by atoms with Crippen LogP contribution in [0.3, 0.4) is 0 Å². The van der Waals surface area contributed by atoms with Gasteiger partial charge in [0.05, 0.1) is 11.7 Å². The molecular formula is C26H33NO2. The predicted octanol–water partition coefficient (Wildman–Crippen LogP) is 5.68. The van der Waals surface area contributed by atoms with Crippen molar-refractivity contribution < 1.29 is 9.53 Å². The summed E-state index contributed by atoms with van der Waals surface area (Å²) in [5.41, 5.74) is 2.41. The Morgan fingerprint density at radius 3 is 2.14 bits per heavy atom. The minimum atomic E-state index is -0.384. The number of hydrogen-bond donors (Lipinski definition) is 1. The van der Waals surface area contributed by atoms with Gasteiger partial charge in [-0.1, -0.05) is 36.8 Å². The summed E-state index contributed by atoms with van der Waals surface area (Å²) in [6, 6.07) is 11.3. The number of esters is 1. The van der Waals surface area contributed by atoms with Gasteiger partial charge in [0.2, 0.25) is 0 Å². The third-order valence-electron chi connectivity index (χ3n) is 8.84. The molecule has 1 atom stereocenters. The van der Waals surface area contributed by atoms with Crippen molar-refractivity contribution >= 4 is 5.97 Å². The number of nitrogens with one attached hydrogen (secondary N) is 1. The molecule has 1 aromatic carbocycles. The highest BCUT2D eigenvalue weighted by Crippen LogP contribution is 2.64. The Labute approximate surface area is 174 Å². The second-order valence-electron chi connectivity index (χ2n) is 10.8. The molecule has 0 saturated heterocycles. The Morgan fingerprint density at radius 2 is 1.52 bits per heavy atom. The summed E-state index contributed by atoms with van der Waals surface area (Å²) in [5.74, 6) is 2.58. The van der Waals surface area contributed by atoms with Crippen molar-refractivity contribution in [1.82, 2.24) is 5.32 Å². The number of ether oxygens (including phenoxy) is 1. The molecule has 154 valence electrons. The molecule has 6 aliphatic rings. The number of benzene rings is 1. The molecule has 1 unspecified atom stereocenters. The first kappa shape index (κ1) is 18.0. The van der Waals surface area contributed by atoms with Crippen LogP contribution in [0.4, 0.5) is 0 Å². The lowest BCUT2D eigenvalue weighted by molar-refractivity contribution is -0.148. The Morgan fingerprint density at radius 1 is 0.897 bits per heavy atom. The first-order valence-corrected chi connectivity index (χ1v) is 11.9. The molecular weight excluding hydrogens is 358 g/mol. The SMILES string of the molecule is O=C1C=C(NC(c2ccccc2)C23CC4CC(CC(C4)C2)C3)C2(CCCCC2)O1. The molecule has 0 radical (unpaired) electrons. The van der Waals surface area contributed by atoms with Gasteiger partial charge < -0.3 is 10.1 Å². The van der Waals surface area contributed by atoms with Crippen molar-refractivity contribution in [2.75, 3.05) is 0 Å². The van der Waals surface area contributed by atoms with E-state index in [4.69, 9.17) is 4.74 Å². The van der Waals surface area contributed by atoms with Crippen molar-refractivity contribution in [2.24, 2.45) is 23.2 Å². The zero-order valence-corrected chi connectivity index (χ0v) is 17.4. The van der Waals surface area contributed by atoms with Gasteiger partial charge >= 0.3 is 5.97 Å². The number of rotatable bonds is 4. The molecule has 5 saturated carbocycles. The van der Waals surface area contributed by atoms with E-state index < -0.39 is 0 Å². The van der Waals surface area contributed by atoms with E-state index in [0.29, 0.717) is 5.41 Å². The summed E-state index contributed by atoms with van der Waals surface area (Å²) in [5, 5.41) is 4.00. The van der Waals surface area contributed by atoms with E-state index in [1.807, 2.05) is 0 Å². The highest BCUT2D eigenvalue weighted by molar-refractivity contribution is 5.86. The number of carbonyl (C=O) groups excluding carboxylic acids is 1. The van der Waals surface area contributed by atoms with Gasteiger partial charge in [-0.25, -0.2) is 4.79 Å². The van der Waals surface area contributed by atoms with E-state index in [9.17, 15) is 4.79 Å². The van der Waals surface area contributed by atoms with Crippen LogP contribution in [0.15, 0.2) is 42.1 Å². The van der Waals surface area contributed by atoms with Crippen LogP contribution in [0, 0.1) is 23.2 Å². The van der Waals surface area contributed by atoms with Gasteiger partial charge in [0.15, 0.2) is 5.60 Å². The van der Waals surface area contributed by atoms with Crippen molar-refractivity contribution in [3.63, 3.8) is 0 Å². The van der Waals surface area contributed by atoms with Crippen LogP contribution in [-0.4, -0.2) is 11.6 Å². The number of hydrogen-bond acceptors (Lipinski definition) is 3. The molecule has 1 heterocycles. The number of carbonyl (C=O) groups is 1. The van der Waals surface area contributed by atoms with Crippen LogP contribution in [0.5, 0.6) is 0 Å². The third kappa shape index (κ3) is 2.95. The molecule has 5 fully saturated rings. The van der Waals surface area contributed by atoms with Crippen molar-refractivity contribution in [3.8, 4) is 0 Å². The molecule has 3 nitrogen and oxygen atoms in total. The molecule has 1 aromatic rings. The quantitative estimate of drug-likeness (QED) is 0.671. The van der Waals surface area contributed by atoms with E-state index in [0.717, 1.165) is 49.1 Å². The third-order valence-corrected chi connectivity index (χ3v) is 8.84. The van der Waals surface area contributed by atoms with E-state index in [1.165, 1.54) is 50.5 Å². The van der Waals surface area contributed by atoms with Gasteiger partial charge in [-0.3, -0.25) is 0 Å². The highest BCUT2D eigenvalue weighted by atomic mass is 16.6. The fourth-order valence-corrected chi connectivity index (χ4v) is 8.12. The lowest BCUT2D eigenvalue weighted by Crippen LogP contribution is -2.53. The van der Waals surface area contributed by atoms with Gasteiger partial charge in [-0.05, 0) is 92.9 Å². The maximum absolute atomic E-state index is 12.4. The first-order valence-electron chi connectivity index (χ1n) is 11.9. The maximum Gasteiger partial charge on any atom is 0.333 e. The molecule has 0 aromatic heterocycles. The Kier molecular flexibility index (Phi) is 4.12. The summed E-state index contributed by atoms with van der Waals surface area (Å²) < 4.78 is 5.96. The van der Waals surface area contributed by atoms with Crippen LogP contribution in [0.2, 0.25) is 0 Å². The van der Waals surface area contributed by atoms with Crippen LogP contribution in [-0.2, 0) is 9.53 Å². The highest BCUT2D eigenvalue weighted by Gasteiger charge is 2.56. The second-order valence-corrected chi connectivity index (χ2v) is 10.8. The molecule has 1 aliphatic heterocycles. The van der Waals surface area contributed by atoms with Gasteiger partial charge in [0.1, 0.15) is 0 Å². The predicted molar refractivity (Wildman–Crippen MR) is 113 cm³/mol. The van der Waals surface area contributed by atoms with Crippen LogP contribution in [0.1, 0.15) is 82.2 Å². The second kappa shape index (κ2) is 6.62.